The van der Waals surface area contributed by atoms with Crippen LogP contribution in [0.2, 0.25) is 0 Å². The molecule has 0 aromatic heterocycles. The van der Waals surface area contributed by atoms with Crippen LogP contribution in [0.3, 0.4) is 0 Å². The number of aliphatic hydroxyl groups is 1. The Kier molecular flexibility index (Phi) is 12.8. The number of halogens is 1. The Morgan fingerprint density at radius 2 is 1.82 bits per heavy atom. The molecule has 6 nitrogen and oxygen atoms in total. The quantitative estimate of drug-likeness (QED) is 0.220. The fourth-order valence-corrected chi connectivity index (χ4v) is 5.19. The number of nitrogens with zero attached hydrogens (tertiary/aromatic N) is 2. The van der Waals surface area contributed by atoms with Crippen LogP contribution in [0.1, 0.15) is 63.9 Å². The predicted octanol–water partition coefficient (Wildman–Crippen LogP) is 4.41. The van der Waals surface area contributed by atoms with Crippen molar-refractivity contribution in [2.75, 3.05) is 46.4 Å². The van der Waals surface area contributed by atoms with Gasteiger partial charge in [0, 0.05) is 32.8 Å². The molecule has 3 N–H and O–H groups in total. The number of nitrogens with one attached hydrogen (secondary N) is 2. The van der Waals surface area contributed by atoms with Gasteiger partial charge in [0.25, 0.3) is 0 Å². The van der Waals surface area contributed by atoms with Crippen molar-refractivity contribution < 1.29 is 9.84 Å². The van der Waals surface area contributed by atoms with E-state index in [2.05, 4.69) is 34.6 Å². The van der Waals surface area contributed by atoms with E-state index in [1.165, 1.54) is 50.5 Å². The summed E-state index contributed by atoms with van der Waals surface area (Å²) >= 11 is 0. The fourth-order valence-electron chi connectivity index (χ4n) is 5.19. The average molecular weight is 573 g/mol. The van der Waals surface area contributed by atoms with Crippen LogP contribution in [-0.2, 0) is 6.54 Å². The van der Waals surface area contributed by atoms with Gasteiger partial charge in [0.1, 0.15) is 5.75 Å². The number of hydrogen-bond acceptors (Lipinski definition) is 4. The molecule has 0 atom stereocenters. The summed E-state index contributed by atoms with van der Waals surface area (Å²) in [4.78, 5) is 7.51. The first-order chi connectivity index (χ1) is 15.7. The molecule has 0 radical (unpaired) electrons. The van der Waals surface area contributed by atoms with Crippen LogP contribution in [-0.4, -0.2) is 62.4 Å². The number of hydrogen-bond donors (Lipinski definition) is 3. The van der Waals surface area contributed by atoms with Crippen molar-refractivity contribution in [2.45, 2.75) is 64.8 Å². The monoisotopic (exact) mass is 572 g/mol. The zero-order valence-electron chi connectivity index (χ0n) is 20.7. The molecule has 0 amide bonds. The highest BCUT2D eigenvalue weighted by Crippen LogP contribution is 2.39. The van der Waals surface area contributed by atoms with Crippen molar-refractivity contribution in [3.8, 4) is 5.75 Å². The summed E-state index contributed by atoms with van der Waals surface area (Å²) in [5, 5.41) is 16.6. The first-order valence-electron chi connectivity index (χ1n) is 12.6. The molecule has 1 aliphatic heterocycles. The van der Waals surface area contributed by atoms with Crippen LogP contribution in [0.5, 0.6) is 5.75 Å². The van der Waals surface area contributed by atoms with Crippen LogP contribution in [0.15, 0.2) is 29.3 Å². The van der Waals surface area contributed by atoms with Gasteiger partial charge in [-0.25, -0.2) is 0 Å². The molecule has 33 heavy (non-hydrogen) atoms. The number of aliphatic imine (C=N–C) groups is 1. The van der Waals surface area contributed by atoms with E-state index in [-0.39, 0.29) is 36.0 Å². The minimum atomic E-state index is 0. The number of aliphatic hydroxyl groups excluding tert-OH is 1. The highest BCUT2D eigenvalue weighted by molar-refractivity contribution is 14.0. The SMILES string of the molecule is CCNC(=NCC1(CCO)CCCCC1)NCC1CCN(Cc2ccc(OC)cc2)CC1.I. The summed E-state index contributed by atoms with van der Waals surface area (Å²) in [6.07, 6.45) is 9.58. The van der Waals surface area contributed by atoms with Gasteiger partial charge in [0.15, 0.2) is 5.96 Å². The molecule has 1 aliphatic carbocycles. The number of ether oxygens (including phenoxy) is 1. The molecule has 1 heterocycles. The first kappa shape index (κ1) is 28.2. The normalized spacial score (nSPS) is 19.5. The lowest BCUT2D eigenvalue weighted by molar-refractivity contribution is 0.137. The number of guanidine groups is 1. The van der Waals surface area contributed by atoms with Crippen LogP contribution >= 0.6 is 24.0 Å². The van der Waals surface area contributed by atoms with E-state index in [9.17, 15) is 5.11 Å². The van der Waals surface area contributed by atoms with Crippen molar-refractivity contribution in [3.63, 3.8) is 0 Å². The molecular formula is C26H45IN4O2. The third-order valence-electron chi connectivity index (χ3n) is 7.30. The molecular weight excluding hydrogens is 527 g/mol. The number of benzene rings is 1. The maximum absolute atomic E-state index is 9.57. The second kappa shape index (κ2) is 15.0. The summed E-state index contributed by atoms with van der Waals surface area (Å²) in [5.74, 6) is 2.55. The van der Waals surface area contributed by atoms with Gasteiger partial charge >= 0.3 is 0 Å². The zero-order valence-corrected chi connectivity index (χ0v) is 23.0. The lowest BCUT2D eigenvalue weighted by atomic mass is 9.72. The maximum Gasteiger partial charge on any atom is 0.191 e. The summed E-state index contributed by atoms with van der Waals surface area (Å²) in [5.41, 5.74) is 1.55. The minimum Gasteiger partial charge on any atom is -0.497 e. The summed E-state index contributed by atoms with van der Waals surface area (Å²) in [7, 11) is 1.71. The largest absolute Gasteiger partial charge is 0.497 e. The molecule has 0 bridgehead atoms. The smallest absolute Gasteiger partial charge is 0.191 e. The van der Waals surface area contributed by atoms with E-state index in [0.29, 0.717) is 5.92 Å². The Labute approximate surface area is 218 Å². The van der Waals surface area contributed by atoms with Crippen molar-refractivity contribution in [2.24, 2.45) is 16.3 Å². The molecule has 2 fully saturated rings. The maximum atomic E-state index is 9.57. The van der Waals surface area contributed by atoms with E-state index in [1.807, 2.05) is 12.1 Å². The van der Waals surface area contributed by atoms with Gasteiger partial charge in [-0.05, 0) is 81.1 Å². The Morgan fingerprint density at radius 1 is 1.12 bits per heavy atom. The van der Waals surface area contributed by atoms with Gasteiger partial charge in [-0.3, -0.25) is 9.89 Å². The summed E-state index contributed by atoms with van der Waals surface area (Å²) in [6.45, 7) is 8.38. The Morgan fingerprint density at radius 3 is 2.42 bits per heavy atom. The Balaban J connectivity index is 0.00000385. The minimum absolute atomic E-state index is 0. The third kappa shape index (κ3) is 9.25. The molecule has 3 rings (SSSR count). The van der Waals surface area contributed by atoms with E-state index >= 15 is 0 Å². The fraction of sp³-hybridized carbons (Fsp3) is 0.731. The van der Waals surface area contributed by atoms with Crippen LogP contribution < -0.4 is 15.4 Å². The van der Waals surface area contributed by atoms with Gasteiger partial charge < -0.3 is 20.5 Å². The van der Waals surface area contributed by atoms with Gasteiger partial charge in [-0.2, -0.15) is 0 Å². The molecule has 1 saturated heterocycles. The first-order valence-corrected chi connectivity index (χ1v) is 12.6. The van der Waals surface area contributed by atoms with Crippen LogP contribution in [0.4, 0.5) is 0 Å². The Bertz CT molecular complexity index is 679. The van der Waals surface area contributed by atoms with Crippen LogP contribution in [0, 0.1) is 11.3 Å². The van der Waals surface area contributed by atoms with E-state index in [0.717, 1.165) is 57.4 Å². The number of methoxy groups -OCH3 is 1. The average Bonchev–Trinajstić information content (AvgIpc) is 2.83. The number of rotatable bonds is 10. The number of piperidine rings is 1. The van der Waals surface area contributed by atoms with E-state index in [1.54, 1.807) is 7.11 Å². The number of likely N-dealkylation sites (tertiary alicyclic amines) is 1. The standard InChI is InChI=1S/C26H44N4O2.HI/c1-3-27-25(29-21-26(15-18-31)13-5-4-6-14-26)28-19-22-11-16-30(17-12-22)20-23-7-9-24(32-2)10-8-23;/h7-10,22,31H,3-6,11-21H2,1-2H3,(H2,27,28,29);1H. The van der Waals surface area contributed by atoms with Crippen molar-refractivity contribution in [3.05, 3.63) is 29.8 Å². The molecule has 0 unspecified atom stereocenters. The van der Waals surface area contributed by atoms with Gasteiger partial charge in [0.05, 0.1) is 7.11 Å². The van der Waals surface area contributed by atoms with Crippen molar-refractivity contribution in [1.82, 2.24) is 15.5 Å². The molecule has 1 aromatic carbocycles. The lowest BCUT2D eigenvalue weighted by Crippen LogP contribution is -2.43. The van der Waals surface area contributed by atoms with E-state index < -0.39 is 0 Å². The molecule has 1 aromatic rings. The van der Waals surface area contributed by atoms with Crippen molar-refractivity contribution >= 4 is 29.9 Å². The highest BCUT2D eigenvalue weighted by atomic mass is 127. The second-order valence-corrected chi connectivity index (χ2v) is 9.68. The van der Waals surface area contributed by atoms with Crippen molar-refractivity contribution in [1.29, 1.82) is 0 Å². The second-order valence-electron chi connectivity index (χ2n) is 9.68. The molecule has 1 saturated carbocycles. The summed E-state index contributed by atoms with van der Waals surface area (Å²) in [6, 6.07) is 8.43. The zero-order chi connectivity index (χ0) is 22.7. The third-order valence-corrected chi connectivity index (χ3v) is 7.30. The van der Waals surface area contributed by atoms with Crippen LogP contribution in [0.25, 0.3) is 0 Å². The Hall–Kier alpha value is -1.06. The van der Waals surface area contributed by atoms with Gasteiger partial charge in [-0.1, -0.05) is 31.4 Å². The van der Waals surface area contributed by atoms with Gasteiger partial charge in [-0.15, -0.1) is 24.0 Å². The highest BCUT2D eigenvalue weighted by Gasteiger charge is 2.31. The van der Waals surface area contributed by atoms with E-state index in [4.69, 9.17) is 9.73 Å². The topological polar surface area (TPSA) is 69.1 Å². The predicted molar refractivity (Wildman–Crippen MR) is 148 cm³/mol. The van der Waals surface area contributed by atoms with Gasteiger partial charge in [0.2, 0.25) is 0 Å². The molecule has 0 spiro atoms. The molecule has 7 heteroatoms. The molecule has 188 valence electrons. The lowest BCUT2D eigenvalue weighted by Gasteiger charge is -2.36. The summed E-state index contributed by atoms with van der Waals surface area (Å²) < 4.78 is 5.26. The molecule has 2 aliphatic rings.